The van der Waals surface area contributed by atoms with E-state index in [2.05, 4.69) is 4.98 Å². The second-order valence-corrected chi connectivity index (χ2v) is 6.58. The van der Waals surface area contributed by atoms with E-state index in [1.165, 1.54) is 20.0 Å². The number of carbonyl (C=O) groups is 2. The summed E-state index contributed by atoms with van der Waals surface area (Å²) in [5, 5.41) is 0.893. The molecule has 0 unspecified atom stereocenters. The summed E-state index contributed by atoms with van der Waals surface area (Å²) >= 11 is 0. The van der Waals surface area contributed by atoms with E-state index < -0.39 is 5.97 Å². The molecule has 0 saturated heterocycles. The van der Waals surface area contributed by atoms with Gasteiger partial charge in [-0.25, -0.2) is 9.78 Å². The number of rotatable bonds is 5. The average Bonchev–Trinajstić information content (AvgIpc) is 3.12. The summed E-state index contributed by atoms with van der Waals surface area (Å²) < 4.78 is 10.3. The molecular weight excluding hydrogens is 318 g/mol. The van der Waals surface area contributed by atoms with E-state index in [0.29, 0.717) is 23.6 Å². The third-order valence-electron chi connectivity index (χ3n) is 4.92. The second kappa shape index (κ2) is 7.64. The van der Waals surface area contributed by atoms with Crippen LogP contribution in [0.3, 0.4) is 0 Å². The van der Waals surface area contributed by atoms with Crippen LogP contribution < -0.4 is 0 Å². The first-order valence-corrected chi connectivity index (χ1v) is 8.72. The minimum Gasteiger partial charge on any atom is -0.465 e. The zero-order valence-electron chi connectivity index (χ0n) is 14.7. The van der Waals surface area contributed by atoms with Gasteiger partial charge >= 0.3 is 11.9 Å². The molecule has 3 rings (SSSR count). The third-order valence-corrected chi connectivity index (χ3v) is 4.92. The number of hydrogen-bond donors (Lipinski definition) is 0. The van der Waals surface area contributed by atoms with Crippen LogP contribution in [0, 0.1) is 12.8 Å². The van der Waals surface area contributed by atoms with Crippen molar-refractivity contribution in [2.45, 2.75) is 45.6 Å². The van der Waals surface area contributed by atoms with E-state index in [4.69, 9.17) is 9.47 Å². The van der Waals surface area contributed by atoms with Crippen molar-refractivity contribution in [1.29, 1.82) is 0 Å². The molecule has 132 valence electrons. The maximum absolute atomic E-state index is 12.2. The number of esters is 2. The fraction of sp³-hybridized carbons (Fsp3) is 0.450. The largest absolute Gasteiger partial charge is 0.465 e. The van der Waals surface area contributed by atoms with Gasteiger partial charge in [-0.05, 0) is 37.3 Å². The Morgan fingerprint density at radius 3 is 2.64 bits per heavy atom. The molecule has 0 aliphatic heterocycles. The lowest BCUT2D eigenvalue weighted by Gasteiger charge is -2.14. The van der Waals surface area contributed by atoms with Crippen molar-refractivity contribution in [3.8, 4) is 0 Å². The molecular formula is C20H23NO4. The predicted octanol–water partition coefficient (Wildman–Crippen LogP) is 3.95. The molecule has 1 aliphatic rings. The molecule has 5 nitrogen and oxygen atoms in total. The van der Waals surface area contributed by atoms with Gasteiger partial charge in [-0.15, -0.1) is 0 Å². The van der Waals surface area contributed by atoms with Crippen LogP contribution in [0.2, 0.25) is 0 Å². The third kappa shape index (κ3) is 3.81. The van der Waals surface area contributed by atoms with Gasteiger partial charge in [0.1, 0.15) is 6.61 Å². The molecule has 0 spiro atoms. The van der Waals surface area contributed by atoms with Gasteiger partial charge in [-0.1, -0.05) is 31.0 Å². The number of hydrogen-bond acceptors (Lipinski definition) is 5. The van der Waals surface area contributed by atoms with Crippen molar-refractivity contribution < 1.29 is 19.1 Å². The molecule has 1 saturated carbocycles. The highest BCUT2D eigenvalue weighted by Crippen LogP contribution is 2.28. The number of benzene rings is 1. The summed E-state index contributed by atoms with van der Waals surface area (Å²) in [4.78, 5) is 28.9. The summed E-state index contributed by atoms with van der Waals surface area (Å²) in [7, 11) is 1.34. The Kier molecular flexibility index (Phi) is 5.31. The number of aromatic nitrogens is 1. The summed E-state index contributed by atoms with van der Waals surface area (Å²) in [5.74, 6) is -0.258. The van der Waals surface area contributed by atoms with Crippen LogP contribution in [0.4, 0.5) is 0 Å². The van der Waals surface area contributed by atoms with Gasteiger partial charge < -0.3 is 9.47 Å². The van der Waals surface area contributed by atoms with E-state index in [1.54, 1.807) is 0 Å². The quantitative estimate of drug-likeness (QED) is 0.770. The van der Waals surface area contributed by atoms with Crippen molar-refractivity contribution >= 4 is 22.8 Å². The summed E-state index contributed by atoms with van der Waals surface area (Å²) in [6.45, 7) is 1.85. The highest BCUT2D eigenvalue weighted by atomic mass is 16.5. The topological polar surface area (TPSA) is 65.5 Å². The molecule has 25 heavy (non-hydrogen) atoms. The van der Waals surface area contributed by atoms with Gasteiger partial charge in [-0.2, -0.15) is 0 Å². The van der Waals surface area contributed by atoms with Gasteiger partial charge in [0.2, 0.25) is 0 Å². The lowest BCUT2D eigenvalue weighted by Crippen LogP contribution is -2.15. The molecule has 0 radical (unpaired) electrons. The normalized spacial score (nSPS) is 14.6. The van der Waals surface area contributed by atoms with Crippen LogP contribution in [0.15, 0.2) is 24.3 Å². The second-order valence-electron chi connectivity index (χ2n) is 6.58. The van der Waals surface area contributed by atoms with Crippen molar-refractivity contribution in [2.24, 2.45) is 5.92 Å². The fourth-order valence-corrected chi connectivity index (χ4v) is 3.58. The molecule has 1 aliphatic carbocycles. The minimum absolute atomic E-state index is 0.0122. The molecule has 0 N–H and O–H groups in total. The van der Waals surface area contributed by atoms with Gasteiger partial charge in [-0.3, -0.25) is 4.79 Å². The molecule has 1 aromatic heterocycles. The number of nitrogens with zero attached hydrogens (tertiary/aromatic N) is 1. The standard InChI is InChI=1S/C20H23NO4/c1-13-15-9-5-6-10-16(15)21-17(19(13)20(23)24-2)12-25-18(22)11-14-7-3-4-8-14/h5-6,9-10,14H,3-4,7-8,11-12H2,1-2H3. The van der Waals surface area contributed by atoms with Gasteiger partial charge in [0.15, 0.2) is 0 Å². The molecule has 0 bridgehead atoms. The summed E-state index contributed by atoms with van der Waals surface area (Å²) in [6, 6.07) is 7.59. The van der Waals surface area contributed by atoms with Crippen LogP contribution in [-0.4, -0.2) is 24.0 Å². The van der Waals surface area contributed by atoms with Crippen LogP contribution in [0.5, 0.6) is 0 Å². The minimum atomic E-state index is -0.461. The van der Waals surface area contributed by atoms with Crippen LogP contribution >= 0.6 is 0 Å². The Morgan fingerprint density at radius 1 is 1.20 bits per heavy atom. The van der Waals surface area contributed by atoms with E-state index in [0.717, 1.165) is 29.3 Å². The Bertz CT molecular complexity index is 794. The Balaban J connectivity index is 1.83. The van der Waals surface area contributed by atoms with E-state index >= 15 is 0 Å². The number of para-hydroxylation sites is 1. The smallest absolute Gasteiger partial charge is 0.340 e. The number of pyridine rings is 1. The zero-order chi connectivity index (χ0) is 17.8. The van der Waals surface area contributed by atoms with Crippen LogP contribution in [0.25, 0.3) is 10.9 Å². The maximum Gasteiger partial charge on any atom is 0.340 e. The zero-order valence-corrected chi connectivity index (χ0v) is 14.7. The molecule has 0 atom stereocenters. The predicted molar refractivity (Wildman–Crippen MR) is 94.2 cm³/mol. The monoisotopic (exact) mass is 341 g/mol. The number of carbonyl (C=O) groups excluding carboxylic acids is 2. The van der Waals surface area contributed by atoms with Crippen molar-refractivity contribution in [3.05, 3.63) is 41.1 Å². The van der Waals surface area contributed by atoms with E-state index in [-0.39, 0.29) is 12.6 Å². The number of methoxy groups -OCH3 is 1. The molecule has 2 aromatic rings. The van der Waals surface area contributed by atoms with Gasteiger partial charge in [0, 0.05) is 11.8 Å². The molecule has 1 fully saturated rings. The van der Waals surface area contributed by atoms with Gasteiger partial charge in [0.25, 0.3) is 0 Å². The van der Waals surface area contributed by atoms with Crippen LogP contribution in [0.1, 0.15) is 53.7 Å². The highest BCUT2D eigenvalue weighted by molar-refractivity contribution is 5.98. The maximum atomic E-state index is 12.2. The van der Waals surface area contributed by atoms with E-state index in [1.807, 2.05) is 31.2 Å². The highest BCUT2D eigenvalue weighted by Gasteiger charge is 2.22. The van der Waals surface area contributed by atoms with Gasteiger partial charge in [0.05, 0.1) is 23.9 Å². The molecule has 1 heterocycles. The fourth-order valence-electron chi connectivity index (χ4n) is 3.58. The first kappa shape index (κ1) is 17.4. The number of fused-ring (bicyclic) bond motifs is 1. The summed E-state index contributed by atoms with van der Waals surface area (Å²) in [6.07, 6.45) is 5.01. The van der Waals surface area contributed by atoms with Crippen molar-refractivity contribution in [3.63, 3.8) is 0 Å². The Hall–Kier alpha value is -2.43. The van der Waals surface area contributed by atoms with E-state index in [9.17, 15) is 9.59 Å². The van der Waals surface area contributed by atoms with Crippen molar-refractivity contribution in [1.82, 2.24) is 4.98 Å². The SMILES string of the molecule is COC(=O)c1c(COC(=O)CC2CCCC2)nc2ccccc2c1C. The van der Waals surface area contributed by atoms with Crippen molar-refractivity contribution in [2.75, 3.05) is 7.11 Å². The number of aryl methyl sites for hydroxylation is 1. The first-order valence-electron chi connectivity index (χ1n) is 8.72. The van der Waals surface area contributed by atoms with Crippen LogP contribution in [-0.2, 0) is 20.9 Å². The number of ether oxygens (including phenoxy) is 2. The lowest BCUT2D eigenvalue weighted by atomic mass is 10.0. The lowest BCUT2D eigenvalue weighted by molar-refractivity contribution is -0.146. The first-order chi connectivity index (χ1) is 12.1. The molecule has 0 amide bonds. The Labute approximate surface area is 147 Å². The average molecular weight is 341 g/mol. The molecule has 5 heteroatoms. The molecule has 1 aromatic carbocycles. The Morgan fingerprint density at radius 2 is 1.92 bits per heavy atom. The summed E-state index contributed by atoms with van der Waals surface area (Å²) in [5.41, 5.74) is 2.39.